The molecule has 0 aliphatic heterocycles. The number of ether oxygens (including phenoxy) is 1. The van der Waals surface area contributed by atoms with Crippen LogP contribution in [-0.4, -0.2) is 16.8 Å². The van der Waals surface area contributed by atoms with Gasteiger partial charge in [0, 0.05) is 5.39 Å². The van der Waals surface area contributed by atoms with Gasteiger partial charge in [-0.15, -0.1) is 0 Å². The van der Waals surface area contributed by atoms with Gasteiger partial charge in [0.2, 0.25) is 0 Å². The molecule has 6 heteroatoms. The maximum Gasteiger partial charge on any atom is 0.387 e. The predicted octanol–water partition coefficient (Wildman–Crippen LogP) is 2.82. The molecule has 2 rings (SSSR count). The monoisotopic (exact) mass is 218 g/mol. The van der Waals surface area contributed by atoms with Crippen LogP contribution in [0.25, 0.3) is 10.9 Å². The summed E-state index contributed by atoms with van der Waals surface area (Å²) in [5, 5.41) is 7.23. The zero-order valence-corrected chi connectivity index (χ0v) is 7.55. The maximum atomic E-state index is 11.9. The topological polar surface area (TPSA) is 37.9 Å². The Morgan fingerprint density at radius 3 is 2.93 bits per heavy atom. The molecule has 0 amide bonds. The van der Waals surface area contributed by atoms with E-state index in [2.05, 4.69) is 14.9 Å². The highest BCUT2D eigenvalue weighted by Gasteiger charge is 2.07. The summed E-state index contributed by atoms with van der Waals surface area (Å²) < 4.78 is 27.9. The molecular formula is C8H5ClF2N2O. The largest absolute Gasteiger partial charge is 0.435 e. The van der Waals surface area contributed by atoms with Gasteiger partial charge >= 0.3 is 6.61 Å². The standard InChI is InChI=1S/C8H5ClF2N2O/c9-7-5-3-4(14-8(10)11)1-2-6(5)12-13-7/h1-3,8H,(H,12,13). The smallest absolute Gasteiger partial charge is 0.387 e. The highest BCUT2D eigenvalue weighted by molar-refractivity contribution is 6.34. The summed E-state index contributed by atoms with van der Waals surface area (Å²) in [6, 6.07) is 4.37. The first-order valence-corrected chi connectivity index (χ1v) is 4.13. The molecule has 1 N–H and O–H groups in total. The van der Waals surface area contributed by atoms with Gasteiger partial charge in [0.15, 0.2) is 0 Å². The Bertz CT molecular complexity index is 458. The quantitative estimate of drug-likeness (QED) is 0.842. The highest BCUT2D eigenvalue weighted by atomic mass is 35.5. The zero-order chi connectivity index (χ0) is 10.1. The van der Waals surface area contributed by atoms with Crippen LogP contribution in [-0.2, 0) is 0 Å². The van der Waals surface area contributed by atoms with Crippen LogP contribution in [0.2, 0.25) is 5.15 Å². The Kier molecular flexibility index (Phi) is 2.25. The van der Waals surface area contributed by atoms with Crippen molar-refractivity contribution in [1.82, 2.24) is 10.2 Å². The van der Waals surface area contributed by atoms with Crippen molar-refractivity contribution in [2.45, 2.75) is 6.61 Å². The van der Waals surface area contributed by atoms with Crippen molar-refractivity contribution < 1.29 is 13.5 Å². The van der Waals surface area contributed by atoms with Gasteiger partial charge in [0.25, 0.3) is 0 Å². The minimum Gasteiger partial charge on any atom is -0.435 e. The Balaban J connectivity index is 2.44. The lowest BCUT2D eigenvalue weighted by molar-refractivity contribution is -0.0497. The van der Waals surface area contributed by atoms with Crippen molar-refractivity contribution in [1.29, 1.82) is 0 Å². The maximum absolute atomic E-state index is 11.9. The number of nitrogens with one attached hydrogen (secondary N) is 1. The number of nitrogens with zero attached hydrogens (tertiary/aromatic N) is 1. The first-order valence-electron chi connectivity index (χ1n) is 3.75. The number of aromatic nitrogens is 2. The van der Waals surface area contributed by atoms with E-state index in [4.69, 9.17) is 11.6 Å². The fourth-order valence-corrected chi connectivity index (χ4v) is 1.33. The molecule has 74 valence electrons. The minimum atomic E-state index is -2.84. The second-order valence-electron chi connectivity index (χ2n) is 2.60. The summed E-state index contributed by atoms with van der Waals surface area (Å²) in [7, 11) is 0. The number of benzene rings is 1. The number of alkyl halides is 2. The third-order valence-electron chi connectivity index (χ3n) is 1.70. The number of rotatable bonds is 2. The lowest BCUT2D eigenvalue weighted by Gasteiger charge is -2.03. The molecule has 0 spiro atoms. The van der Waals surface area contributed by atoms with Crippen molar-refractivity contribution in [3.8, 4) is 5.75 Å². The van der Waals surface area contributed by atoms with Gasteiger partial charge in [0.05, 0.1) is 5.52 Å². The van der Waals surface area contributed by atoms with E-state index in [0.717, 1.165) is 0 Å². The Morgan fingerprint density at radius 1 is 1.43 bits per heavy atom. The molecule has 3 nitrogen and oxygen atoms in total. The van der Waals surface area contributed by atoms with Crippen molar-refractivity contribution >= 4 is 22.5 Å². The highest BCUT2D eigenvalue weighted by Crippen LogP contribution is 2.25. The van der Waals surface area contributed by atoms with Crippen LogP contribution in [0, 0.1) is 0 Å². The van der Waals surface area contributed by atoms with Gasteiger partial charge in [-0.25, -0.2) is 0 Å². The molecule has 0 fully saturated rings. The molecule has 0 unspecified atom stereocenters. The molecule has 2 aromatic rings. The van der Waals surface area contributed by atoms with Gasteiger partial charge in [-0.05, 0) is 18.2 Å². The van der Waals surface area contributed by atoms with Gasteiger partial charge in [-0.1, -0.05) is 11.6 Å². The SMILES string of the molecule is FC(F)Oc1ccc2n[nH]c(Cl)c2c1. The van der Waals surface area contributed by atoms with Gasteiger partial charge in [-0.3, -0.25) is 5.10 Å². The van der Waals surface area contributed by atoms with Crippen molar-refractivity contribution in [3.05, 3.63) is 23.4 Å². The van der Waals surface area contributed by atoms with E-state index in [1.165, 1.54) is 12.1 Å². The first kappa shape index (κ1) is 9.21. The summed E-state index contributed by atoms with van der Waals surface area (Å²) in [4.78, 5) is 0. The van der Waals surface area contributed by atoms with Crippen molar-refractivity contribution in [2.24, 2.45) is 0 Å². The van der Waals surface area contributed by atoms with E-state index in [-0.39, 0.29) is 5.75 Å². The second kappa shape index (κ2) is 3.42. The Hall–Kier alpha value is -1.36. The normalized spacial score (nSPS) is 11.1. The van der Waals surface area contributed by atoms with Crippen LogP contribution >= 0.6 is 11.6 Å². The van der Waals surface area contributed by atoms with E-state index in [1.807, 2.05) is 0 Å². The third-order valence-corrected chi connectivity index (χ3v) is 1.99. The average molecular weight is 219 g/mol. The van der Waals surface area contributed by atoms with Gasteiger partial charge in [0.1, 0.15) is 10.9 Å². The number of aromatic amines is 1. The molecule has 0 aliphatic carbocycles. The number of hydrogen-bond acceptors (Lipinski definition) is 2. The first-order chi connectivity index (χ1) is 6.66. The van der Waals surface area contributed by atoms with E-state index in [1.54, 1.807) is 6.07 Å². The summed E-state index contributed by atoms with van der Waals surface area (Å²) >= 11 is 5.72. The zero-order valence-electron chi connectivity index (χ0n) is 6.80. The molecular weight excluding hydrogens is 214 g/mol. The minimum absolute atomic E-state index is 0.0656. The second-order valence-corrected chi connectivity index (χ2v) is 2.97. The molecule has 1 heterocycles. The fraction of sp³-hybridized carbons (Fsp3) is 0.125. The molecule has 0 atom stereocenters. The van der Waals surface area contributed by atoms with Crippen LogP contribution < -0.4 is 4.74 Å². The van der Waals surface area contributed by atoms with Gasteiger partial charge in [-0.2, -0.15) is 13.9 Å². The Morgan fingerprint density at radius 2 is 2.21 bits per heavy atom. The fourth-order valence-electron chi connectivity index (χ4n) is 1.13. The molecule has 0 saturated heterocycles. The van der Waals surface area contributed by atoms with E-state index in [9.17, 15) is 8.78 Å². The molecule has 0 bridgehead atoms. The number of halogens is 3. The molecule has 0 saturated carbocycles. The number of hydrogen-bond donors (Lipinski definition) is 1. The van der Waals surface area contributed by atoms with E-state index >= 15 is 0 Å². The van der Waals surface area contributed by atoms with E-state index < -0.39 is 6.61 Å². The van der Waals surface area contributed by atoms with Crippen LogP contribution in [0.1, 0.15) is 0 Å². The molecule has 1 aromatic heterocycles. The molecule has 0 radical (unpaired) electrons. The summed E-state index contributed by atoms with van der Waals surface area (Å²) in [5.41, 5.74) is 0.608. The van der Waals surface area contributed by atoms with Gasteiger partial charge < -0.3 is 4.74 Å². The lowest BCUT2D eigenvalue weighted by Crippen LogP contribution is -2.01. The van der Waals surface area contributed by atoms with E-state index in [0.29, 0.717) is 16.1 Å². The third kappa shape index (κ3) is 1.63. The van der Waals surface area contributed by atoms with Crippen molar-refractivity contribution in [3.63, 3.8) is 0 Å². The lowest BCUT2D eigenvalue weighted by atomic mass is 10.2. The molecule has 0 aliphatic rings. The van der Waals surface area contributed by atoms with Crippen LogP contribution in [0.4, 0.5) is 8.78 Å². The number of fused-ring (bicyclic) bond motifs is 1. The summed E-state index contributed by atoms with van der Waals surface area (Å²) in [5.74, 6) is 0.0656. The number of H-pyrrole nitrogens is 1. The molecule has 14 heavy (non-hydrogen) atoms. The Labute approximate surface area is 82.6 Å². The summed E-state index contributed by atoms with van der Waals surface area (Å²) in [6.45, 7) is -2.84. The van der Waals surface area contributed by atoms with Crippen LogP contribution in [0.5, 0.6) is 5.75 Å². The van der Waals surface area contributed by atoms with Crippen molar-refractivity contribution in [2.75, 3.05) is 0 Å². The molecule has 1 aromatic carbocycles. The average Bonchev–Trinajstić information content (AvgIpc) is 2.47. The predicted molar refractivity (Wildman–Crippen MR) is 47.7 cm³/mol. The van der Waals surface area contributed by atoms with Crippen LogP contribution in [0.15, 0.2) is 18.2 Å². The van der Waals surface area contributed by atoms with Crippen LogP contribution in [0.3, 0.4) is 0 Å². The summed E-state index contributed by atoms with van der Waals surface area (Å²) in [6.07, 6.45) is 0.